The Morgan fingerprint density at radius 1 is 1.28 bits per heavy atom. The highest BCUT2D eigenvalue weighted by atomic mass is 16.5. The van der Waals surface area contributed by atoms with Crippen molar-refractivity contribution in [1.82, 2.24) is 10.1 Å². The summed E-state index contributed by atoms with van der Waals surface area (Å²) in [4.78, 5) is 25.6. The Morgan fingerprint density at radius 3 is 2.50 bits per heavy atom. The van der Waals surface area contributed by atoms with Crippen LogP contribution >= 0.6 is 0 Å². The van der Waals surface area contributed by atoms with Crippen molar-refractivity contribution >= 4 is 11.8 Å². The first-order chi connectivity index (χ1) is 8.56. The smallest absolute Gasteiger partial charge is 0.335 e. The van der Waals surface area contributed by atoms with E-state index in [0.29, 0.717) is 11.4 Å². The molecule has 92 valence electrons. The topological polar surface area (TPSA) is 93.3 Å². The number of carbonyl (C=O) groups excluding carboxylic acids is 1. The summed E-state index contributed by atoms with van der Waals surface area (Å²) in [7, 11) is 0. The van der Waals surface area contributed by atoms with Crippen LogP contribution in [0.4, 0.5) is 0 Å². The van der Waals surface area contributed by atoms with Gasteiger partial charge in [0.15, 0.2) is 0 Å². The second-order valence-electron chi connectivity index (χ2n) is 3.77. The highest BCUT2D eigenvalue weighted by molar-refractivity contribution is 5.88. The number of rotatable bonds is 4. The van der Waals surface area contributed by atoms with E-state index in [4.69, 9.17) is 9.63 Å². The molecule has 0 aliphatic carbocycles. The number of benzene rings is 1. The Hall–Kier alpha value is -2.50. The van der Waals surface area contributed by atoms with Gasteiger partial charge in [-0.25, -0.2) is 4.79 Å². The molecule has 6 heteroatoms. The molecule has 0 saturated carbocycles. The second-order valence-corrected chi connectivity index (χ2v) is 3.77. The summed E-state index contributed by atoms with van der Waals surface area (Å²) in [6.07, 6.45) is 0.0974. The maximum atomic E-state index is 10.9. The van der Waals surface area contributed by atoms with Gasteiger partial charge in [0.1, 0.15) is 5.78 Å². The van der Waals surface area contributed by atoms with E-state index in [-0.39, 0.29) is 23.7 Å². The molecule has 0 aliphatic rings. The van der Waals surface area contributed by atoms with Gasteiger partial charge in [-0.1, -0.05) is 17.3 Å². The van der Waals surface area contributed by atoms with Crippen LogP contribution in [0.15, 0.2) is 28.8 Å². The zero-order valence-electron chi connectivity index (χ0n) is 9.58. The van der Waals surface area contributed by atoms with Crippen LogP contribution in [0, 0.1) is 0 Å². The predicted molar refractivity (Wildman–Crippen MR) is 61.1 cm³/mol. The number of aromatic carboxylic acids is 1. The lowest BCUT2D eigenvalue weighted by molar-refractivity contribution is -0.116. The number of nitrogens with zero attached hydrogens (tertiary/aromatic N) is 2. The Balaban J connectivity index is 2.23. The van der Waals surface area contributed by atoms with Gasteiger partial charge in [-0.2, -0.15) is 4.98 Å². The quantitative estimate of drug-likeness (QED) is 0.879. The summed E-state index contributed by atoms with van der Waals surface area (Å²) in [5.74, 6) is -0.471. The summed E-state index contributed by atoms with van der Waals surface area (Å²) < 4.78 is 4.91. The predicted octanol–water partition coefficient (Wildman–Crippen LogP) is 1.57. The molecule has 2 aromatic rings. The van der Waals surface area contributed by atoms with Crippen molar-refractivity contribution in [3.63, 3.8) is 0 Å². The van der Waals surface area contributed by atoms with Crippen LogP contribution in [0.5, 0.6) is 0 Å². The molecule has 0 unspecified atom stereocenters. The third-order valence-electron chi connectivity index (χ3n) is 2.26. The molecule has 1 N–H and O–H groups in total. The van der Waals surface area contributed by atoms with Crippen molar-refractivity contribution in [2.75, 3.05) is 0 Å². The van der Waals surface area contributed by atoms with E-state index in [2.05, 4.69) is 10.1 Å². The van der Waals surface area contributed by atoms with E-state index in [0.717, 1.165) is 0 Å². The van der Waals surface area contributed by atoms with Gasteiger partial charge in [-0.05, 0) is 19.1 Å². The van der Waals surface area contributed by atoms with Crippen LogP contribution in [0.25, 0.3) is 11.4 Å². The molecule has 0 bridgehead atoms. The van der Waals surface area contributed by atoms with Gasteiger partial charge in [0, 0.05) is 5.56 Å². The van der Waals surface area contributed by atoms with Crippen LogP contribution < -0.4 is 0 Å². The minimum absolute atomic E-state index is 0.0635. The summed E-state index contributed by atoms with van der Waals surface area (Å²) in [6.45, 7) is 1.44. The van der Waals surface area contributed by atoms with E-state index < -0.39 is 5.97 Å². The standard InChI is InChI=1S/C12H10N2O4/c1-7(15)6-10-13-11(14-18-10)8-2-4-9(5-3-8)12(16)17/h2-5H,6H2,1H3,(H,16,17). The first-order valence-electron chi connectivity index (χ1n) is 5.22. The van der Waals surface area contributed by atoms with Gasteiger partial charge in [-0.3, -0.25) is 4.79 Å². The van der Waals surface area contributed by atoms with Crippen LogP contribution in [0.3, 0.4) is 0 Å². The molecule has 1 aromatic heterocycles. The van der Waals surface area contributed by atoms with E-state index in [1.165, 1.54) is 19.1 Å². The fourth-order valence-electron chi connectivity index (χ4n) is 1.42. The molecule has 0 amide bonds. The summed E-state index contributed by atoms with van der Waals surface area (Å²) in [6, 6.07) is 6.09. The average molecular weight is 246 g/mol. The molecule has 1 aromatic carbocycles. The molecule has 0 radical (unpaired) electrons. The normalized spacial score (nSPS) is 10.3. The van der Waals surface area contributed by atoms with Gasteiger partial charge in [-0.15, -0.1) is 0 Å². The van der Waals surface area contributed by atoms with Crippen LogP contribution in [-0.4, -0.2) is 27.0 Å². The summed E-state index contributed by atoms with van der Waals surface area (Å²) >= 11 is 0. The maximum absolute atomic E-state index is 10.9. The van der Waals surface area contributed by atoms with Crippen LogP contribution in [-0.2, 0) is 11.2 Å². The number of Topliss-reactive ketones (excluding diaryl/α,β-unsaturated/α-hetero) is 1. The van der Waals surface area contributed by atoms with Gasteiger partial charge >= 0.3 is 5.97 Å². The zero-order valence-corrected chi connectivity index (χ0v) is 9.58. The highest BCUT2D eigenvalue weighted by Crippen LogP contribution is 2.16. The van der Waals surface area contributed by atoms with Crippen molar-refractivity contribution in [2.24, 2.45) is 0 Å². The number of ketones is 1. The number of carboxylic acids is 1. The fourth-order valence-corrected chi connectivity index (χ4v) is 1.42. The molecule has 6 nitrogen and oxygen atoms in total. The van der Waals surface area contributed by atoms with Gasteiger partial charge in [0.05, 0.1) is 12.0 Å². The number of carboxylic acid groups (broad SMARTS) is 1. The molecule has 18 heavy (non-hydrogen) atoms. The monoisotopic (exact) mass is 246 g/mol. The molecule has 0 aliphatic heterocycles. The lowest BCUT2D eigenvalue weighted by Gasteiger charge is -1.95. The van der Waals surface area contributed by atoms with E-state index in [9.17, 15) is 9.59 Å². The van der Waals surface area contributed by atoms with Crippen LogP contribution in [0.2, 0.25) is 0 Å². The second kappa shape index (κ2) is 4.79. The van der Waals surface area contributed by atoms with Gasteiger partial charge in [0.25, 0.3) is 0 Å². The molecule has 0 fully saturated rings. The number of aromatic nitrogens is 2. The molecular weight excluding hydrogens is 236 g/mol. The van der Waals surface area contributed by atoms with E-state index >= 15 is 0 Å². The molecule has 1 heterocycles. The molecular formula is C12H10N2O4. The maximum Gasteiger partial charge on any atom is 0.335 e. The number of hydrogen-bond donors (Lipinski definition) is 1. The molecule has 0 spiro atoms. The summed E-state index contributed by atoms with van der Waals surface area (Å²) in [5.41, 5.74) is 0.824. The average Bonchev–Trinajstić information content (AvgIpc) is 2.76. The molecule has 2 rings (SSSR count). The minimum Gasteiger partial charge on any atom is -0.478 e. The Bertz CT molecular complexity index is 586. The van der Waals surface area contributed by atoms with Crippen molar-refractivity contribution in [1.29, 1.82) is 0 Å². The lowest BCUT2D eigenvalue weighted by Crippen LogP contribution is -1.96. The Kier molecular flexibility index (Phi) is 3.18. The zero-order chi connectivity index (χ0) is 13.1. The Morgan fingerprint density at radius 2 is 1.94 bits per heavy atom. The van der Waals surface area contributed by atoms with Crippen molar-refractivity contribution in [3.05, 3.63) is 35.7 Å². The lowest BCUT2D eigenvalue weighted by atomic mass is 10.1. The van der Waals surface area contributed by atoms with Crippen molar-refractivity contribution < 1.29 is 19.2 Å². The van der Waals surface area contributed by atoms with Gasteiger partial charge in [0.2, 0.25) is 11.7 Å². The largest absolute Gasteiger partial charge is 0.478 e. The van der Waals surface area contributed by atoms with Crippen molar-refractivity contribution in [3.8, 4) is 11.4 Å². The number of carbonyl (C=O) groups is 2. The summed E-state index contributed by atoms with van der Waals surface area (Å²) in [5, 5.41) is 12.5. The van der Waals surface area contributed by atoms with Gasteiger partial charge < -0.3 is 9.63 Å². The third-order valence-corrected chi connectivity index (χ3v) is 2.26. The third kappa shape index (κ3) is 2.60. The SMILES string of the molecule is CC(=O)Cc1nc(-c2ccc(C(=O)O)cc2)no1. The minimum atomic E-state index is -0.994. The highest BCUT2D eigenvalue weighted by Gasteiger charge is 2.11. The first-order valence-corrected chi connectivity index (χ1v) is 5.22. The first kappa shape index (κ1) is 12.0. The van der Waals surface area contributed by atoms with Crippen LogP contribution in [0.1, 0.15) is 23.2 Å². The fraction of sp³-hybridized carbons (Fsp3) is 0.167. The van der Waals surface area contributed by atoms with Crippen molar-refractivity contribution in [2.45, 2.75) is 13.3 Å². The van der Waals surface area contributed by atoms with E-state index in [1.54, 1.807) is 12.1 Å². The van der Waals surface area contributed by atoms with E-state index in [1.807, 2.05) is 0 Å². The Labute approximate surface area is 102 Å². The molecule has 0 atom stereocenters. The number of hydrogen-bond acceptors (Lipinski definition) is 5. The molecule has 0 saturated heterocycles.